The first kappa shape index (κ1) is 16.8. The number of benzene rings is 1. The minimum atomic E-state index is -3.59. The molecule has 1 aromatic heterocycles. The van der Waals surface area contributed by atoms with Gasteiger partial charge in [0, 0.05) is 18.5 Å². The van der Waals surface area contributed by atoms with E-state index in [4.69, 9.17) is 0 Å². The van der Waals surface area contributed by atoms with Crippen LogP contribution in [0.4, 0.5) is 11.5 Å². The van der Waals surface area contributed by atoms with Crippen LogP contribution in [0, 0.1) is 0 Å². The van der Waals surface area contributed by atoms with Gasteiger partial charge in [-0.3, -0.25) is 5.32 Å². The normalized spacial score (nSPS) is 18.2. The minimum absolute atomic E-state index is 0.0776. The van der Waals surface area contributed by atoms with Crippen molar-refractivity contribution < 1.29 is 13.5 Å². The zero-order chi connectivity index (χ0) is 17.0. The van der Waals surface area contributed by atoms with Crippen LogP contribution in [0.5, 0.6) is 5.75 Å². The molecule has 0 amide bonds. The number of thioether (sulfide) groups is 1. The van der Waals surface area contributed by atoms with Crippen molar-refractivity contribution in [3.05, 3.63) is 42.6 Å². The zero-order valence-electron chi connectivity index (χ0n) is 12.5. The molecule has 0 unspecified atom stereocenters. The minimum Gasteiger partial charge on any atom is -0.504 e. The average molecular weight is 365 g/mol. The van der Waals surface area contributed by atoms with E-state index >= 15 is 0 Å². The number of hydrogen-bond donors (Lipinski definition) is 3. The first-order valence-electron chi connectivity index (χ1n) is 7.08. The van der Waals surface area contributed by atoms with Crippen molar-refractivity contribution in [3.63, 3.8) is 0 Å². The van der Waals surface area contributed by atoms with Gasteiger partial charge in [0.05, 0.1) is 10.6 Å². The largest absolute Gasteiger partial charge is 0.504 e. The molecule has 3 N–H and O–H groups in total. The SMILES string of the molecule is O=S(=O)(N[C@H]1NCCS1)c1ccc(N=Nc2ncccc2O)cc1. The first-order chi connectivity index (χ1) is 11.5. The molecule has 1 saturated heterocycles. The predicted molar refractivity (Wildman–Crippen MR) is 91.1 cm³/mol. The van der Waals surface area contributed by atoms with Gasteiger partial charge < -0.3 is 5.11 Å². The third-order valence-corrected chi connectivity index (χ3v) is 5.80. The summed E-state index contributed by atoms with van der Waals surface area (Å²) in [5.41, 5.74) is 0.147. The number of hydrogen-bond acceptors (Lipinski definition) is 8. The Kier molecular flexibility index (Phi) is 5.09. The Morgan fingerprint density at radius 3 is 2.71 bits per heavy atom. The van der Waals surface area contributed by atoms with E-state index in [0.29, 0.717) is 5.69 Å². The third-order valence-electron chi connectivity index (χ3n) is 3.15. The highest BCUT2D eigenvalue weighted by atomic mass is 32.2. The van der Waals surface area contributed by atoms with Gasteiger partial charge in [0.15, 0.2) is 5.75 Å². The summed E-state index contributed by atoms with van der Waals surface area (Å²) < 4.78 is 27.1. The summed E-state index contributed by atoms with van der Waals surface area (Å²) in [6.45, 7) is 0.775. The number of nitrogens with zero attached hydrogens (tertiary/aromatic N) is 3. The monoisotopic (exact) mass is 365 g/mol. The molecule has 0 aliphatic carbocycles. The number of sulfonamides is 1. The molecule has 2 heterocycles. The Balaban J connectivity index is 1.72. The predicted octanol–water partition coefficient (Wildman–Crippen LogP) is 2.10. The van der Waals surface area contributed by atoms with Gasteiger partial charge in [0.1, 0.15) is 5.50 Å². The van der Waals surface area contributed by atoms with Crippen LogP contribution in [-0.4, -0.2) is 36.3 Å². The Bertz CT molecular complexity index is 834. The Morgan fingerprint density at radius 2 is 2.04 bits per heavy atom. The average Bonchev–Trinajstić information content (AvgIpc) is 3.07. The lowest BCUT2D eigenvalue weighted by Gasteiger charge is -2.12. The molecule has 1 aliphatic heterocycles. The quantitative estimate of drug-likeness (QED) is 0.699. The second kappa shape index (κ2) is 7.26. The topological polar surface area (TPSA) is 116 Å². The van der Waals surface area contributed by atoms with Crippen molar-refractivity contribution in [1.29, 1.82) is 0 Å². The van der Waals surface area contributed by atoms with Gasteiger partial charge in [0.25, 0.3) is 0 Å². The van der Waals surface area contributed by atoms with E-state index < -0.39 is 10.0 Å². The lowest BCUT2D eigenvalue weighted by atomic mass is 10.3. The van der Waals surface area contributed by atoms with Gasteiger partial charge in [-0.2, -0.15) is 4.72 Å². The fraction of sp³-hybridized carbons (Fsp3) is 0.214. The molecule has 0 saturated carbocycles. The second-order valence-electron chi connectivity index (χ2n) is 4.87. The first-order valence-corrected chi connectivity index (χ1v) is 9.61. The summed E-state index contributed by atoms with van der Waals surface area (Å²) in [6.07, 6.45) is 1.49. The lowest BCUT2D eigenvalue weighted by molar-refractivity contribution is 0.474. The number of aromatic hydroxyl groups is 1. The van der Waals surface area contributed by atoms with E-state index in [0.717, 1.165) is 12.3 Å². The van der Waals surface area contributed by atoms with Gasteiger partial charge in [-0.05, 0) is 36.4 Å². The molecule has 0 bridgehead atoms. The summed E-state index contributed by atoms with van der Waals surface area (Å²) in [5, 5.41) is 20.4. The molecular weight excluding hydrogens is 350 g/mol. The van der Waals surface area contributed by atoms with Gasteiger partial charge in [0.2, 0.25) is 15.8 Å². The van der Waals surface area contributed by atoms with Gasteiger partial charge in [-0.15, -0.1) is 22.0 Å². The van der Waals surface area contributed by atoms with Crippen molar-refractivity contribution in [3.8, 4) is 5.75 Å². The molecule has 1 atom stereocenters. The maximum absolute atomic E-state index is 12.3. The maximum atomic E-state index is 12.3. The Hall–Kier alpha value is -2.01. The maximum Gasteiger partial charge on any atom is 0.242 e. The highest BCUT2D eigenvalue weighted by Crippen LogP contribution is 2.25. The summed E-state index contributed by atoms with van der Waals surface area (Å²) in [4.78, 5) is 4.03. The zero-order valence-corrected chi connectivity index (χ0v) is 14.1. The van der Waals surface area contributed by atoms with Crippen LogP contribution in [-0.2, 0) is 10.0 Å². The molecule has 1 aliphatic rings. The number of aromatic nitrogens is 1. The number of nitrogens with one attached hydrogen (secondary N) is 2. The fourth-order valence-electron chi connectivity index (χ4n) is 1.97. The highest BCUT2D eigenvalue weighted by molar-refractivity contribution is 8.01. The second-order valence-corrected chi connectivity index (χ2v) is 7.79. The van der Waals surface area contributed by atoms with Crippen LogP contribution >= 0.6 is 11.8 Å². The Labute approximate surface area is 143 Å². The molecule has 3 rings (SSSR count). The molecular formula is C14H15N5O3S2. The van der Waals surface area contributed by atoms with Crippen molar-refractivity contribution in [1.82, 2.24) is 15.0 Å². The van der Waals surface area contributed by atoms with Crippen molar-refractivity contribution >= 4 is 33.3 Å². The fourth-order valence-corrected chi connectivity index (χ4v) is 4.33. The van der Waals surface area contributed by atoms with E-state index in [1.165, 1.54) is 48.3 Å². The van der Waals surface area contributed by atoms with E-state index in [1.807, 2.05) is 0 Å². The smallest absolute Gasteiger partial charge is 0.242 e. The number of pyridine rings is 1. The molecule has 0 spiro atoms. The molecule has 126 valence electrons. The molecule has 1 fully saturated rings. The van der Waals surface area contributed by atoms with E-state index in [9.17, 15) is 13.5 Å². The summed E-state index contributed by atoms with van der Waals surface area (Å²) in [6, 6.07) is 9.01. The van der Waals surface area contributed by atoms with Crippen molar-refractivity contribution in [2.24, 2.45) is 10.2 Å². The van der Waals surface area contributed by atoms with Crippen LogP contribution in [0.2, 0.25) is 0 Å². The number of rotatable bonds is 5. The van der Waals surface area contributed by atoms with E-state index in [2.05, 4.69) is 25.3 Å². The molecule has 24 heavy (non-hydrogen) atoms. The molecule has 1 aromatic carbocycles. The summed E-state index contributed by atoms with van der Waals surface area (Å²) >= 11 is 1.51. The summed E-state index contributed by atoms with van der Waals surface area (Å²) in [7, 11) is -3.59. The molecule has 10 heteroatoms. The summed E-state index contributed by atoms with van der Waals surface area (Å²) in [5.74, 6) is 0.888. The van der Waals surface area contributed by atoms with Gasteiger partial charge >= 0.3 is 0 Å². The van der Waals surface area contributed by atoms with Crippen LogP contribution in [0.3, 0.4) is 0 Å². The van der Waals surface area contributed by atoms with E-state index in [-0.39, 0.29) is 22.0 Å². The molecule has 0 radical (unpaired) electrons. The van der Waals surface area contributed by atoms with Crippen molar-refractivity contribution in [2.45, 2.75) is 10.4 Å². The lowest BCUT2D eigenvalue weighted by Crippen LogP contribution is -2.39. The van der Waals surface area contributed by atoms with Crippen LogP contribution in [0.15, 0.2) is 57.7 Å². The highest BCUT2D eigenvalue weighted by Gasteiger charge is 2.22. The molecule has 2 aromatic rings. The van der Waals surface area contributed by atoms with Gasteiger partial charge in [-0.25, -0.2) is 13.4 Å². The van der Waals surface area contributed by atoms with Crippen LogP contribution in [0.25, 0.3) is 0 Å². The van der Waals surface area contributed by atoms with Crippen LogP contribution < -0.4 is 10.0 Å². The van der Waals surface area contributed by atoms with Crippen LogP contribution in [0.1, 0.15) is 0 Å². The van der Waals surface area contributed by atoms with E-state index in [1.54, 1.807) is 6.07 Å². The standard InChI is InChI=1S/C14H15N5O3S2/c20-12-2-1-7-15-13(12)18-17-10-3-5-11(6-4-10)24(21,22)19-14-16-8-9-23-14/h1-7,14,16,19-20H,8-9H2/t14-/m1/s1. The number of azo groups is 1. The third kappa shape index (κ3) is 4.09. The van der Waals surface area contributed by atoms with Crippen molar-refractivity contribution in [2.75, 3.05) is 12.3 Å². The molecule has 8 nitrogen and oxygen atoms in total. The Morgan fingerprint density at radius 1 is 1.25 bits per heavy atom. The van der Waals surface area contributed by atoms with Gasteiger partial charge in [-0.1, -0.05) is 0 Å².